The maximum absolute atomic E-state index is 12.6. The van der Waals surface area contributed by atoms with Crippen molar-refractivity contribution in [2.45, 2.75) is 51.5 Å². The van der Waals surface area contributed by atoms with Crippen LogP contribution in [0.2, 0.25) is 0 Å². The molecule has 0 aliphatic carbocycles. The number of amides is 2. The van der Waals surface area contributed by atoms with Gasteiger partial charge in [-0.3, -0.25) is 14.5 Å². The van der Waals surface area contributed by atoms with Gasteiger partial charge in [-0.1, -0.05) is 37.0 Å². The highest BCUT2D eigenvalue weighted by atomic mass is 32.2. The van der Waals surface area contributed by atoms with Crippen molar-refractivity contribution in [3.8, 4) is 0 Å². The summed E-state index contributed by atoms with van der Waals surface area (Å²) in [6.45, 7) is 3.54. The van der Waals surface area contributed by atoms with Crippen molar-refractivity contribution in [3.05, 3.63) is 27.3 Å². The third-order valence-corrected chi connectivity index (χ3v) is 7.08. The molecule has 3 heterocycles. The van der Waals surface area contributed by atoms with Gasteiger partial charge in [-0.25, -0.2) is 0 Å². The zero-order valence-corrected chi connectivity index (χ0v) is 17.4. The number of nitrogens with zero attached hydrogens (tertiary/aromatic N) is 2. The smallest absolute Gasteiger partial charge is 0.266 e. The van der Waals surface area contributed by atoms with Crippen LogP contribution in [0.4, 0.5) is 0 Å². The molecule has 0 N–H and O–H groups in total. The molecule has 1 aromatic heterocycles. The predicted octanol–water partition coefficient (Wildman–Crippen LogP) is 4.52. The fraction of sp³-hybridized carbons (Fsp3) is 0.526. The van der Waals surface area contributed by atoms with Crippen LogP contribution in [0.15, 0.2) is 22.4 Å². The van der Waals surface area contributed by atoms with Crippen LogP contribution in [0, 0.1) is 0 Å². The zero-order valence-electron chi connectivity index (χ0n) is 15.0. The standard InChI is InChI=1S/C19H24N2O2S3/c1-2-14-7-3-4-10-20(14)17(22)9-5-11-21-18(23)16(26-19(21)24)13-15-8-6-12-25-15/h6,8,12-14H,2-5,7,9-11H2,1H3/b16-13-/t14-/m1/s1. The maximum atomic E-state index is 12.6. The molecule has 4 nitrogen and oxygen atoms in total. The summed E-state index contributed by atoms with van der Waals surface area (Å²) >= 11 is 8.32. The first-order valence-corrected chi connectivity index (χ1v) is 11.3. The molecule has 26 heavy (non-hydrogen) atoms. The number of rotatable bonds is 6. The highest BCUT2D eigenvalue weighted by Crippen LogP contribution is 2.33. The number of likely N-dealkylation sites (tertiary alicyclic amines) is 1. The molecule has 2 amide bonds. The van der Waals surface area contributed by atoms with Gasteiger partial charge in [0.15, 0.2) is 0 Å². The average Bonchev–Trinajstić information content (AvgIpc) is 3.25. The molecule has 2 aliphatic rings. The lowest BCUT2D eigenvalue weighted by molar-refractivity contribution is -0.135. The van der Waals surface area contributed by atoms with Gasteiger partial charge in [0.2, 0.25) is 5.91 Å². The van der Waals surface area contributed by atoms with Crippen LogP contribution >= 0.6 is 35.3 Å². The molecule has 2 saturated heterocycles. The second kappa shape index (κ2) is 9.15. The first-order chi connectivity index (χ1) is 12.6. The molecule has 2 fully saturated rings. The minimum Gasteiger partial charge on any atom is -0.340 e. The number of hydrogen-bond acceptors (Lipinski definition) is 5. The predicted molar refractivity (Wildman–Crippen MR) is 113 cm³/mol. The van der Waals surface area contributed by atoms with E-state index < -0.39 is 0 Å². The van der Waals surface area contributed by atoms with E-state index in [9.17, 15) is 9.59 Å². The van der Waals surface area contributed by atoms with Crippen LogP contribution in [0.1, 0.15) is 50.3 Å². The fourth-order valence-electron chi connectivity index (χ4n) is 3.48. The molecule has 1 atom stereocenters. The average molecular weight is 409 g/mol. The Morgan fingerprint density at radius 1 is 1.42 bits per heavy atom. The van der Waals surface area contributed by atoms with E-state index in [1.165, 1.54) is 18.2 Å². The minimum atomic E-state index is -0.0368. The van der Waals surface area contributed by atoms with Crippen molar-refractivity contribution in [2.24, 2.45) is 0 Å². The Morgan fingerprint density at radius 2 is 2.27 bits per heavy atom. The van der Waals surface area contributed by atoms with Gasteiger partial charge in [0.25, 0.3) is 5.91 Å². The molecule has 0 unspecified atom stereocenters. The summed E-state index contributed by atoms with van der Waals surface area (Å²) < 4.78 is 0.592. The SMILES string of the molecule is CC[C@@H]1CCCCN1C(=O)CCCN1C(=O)/C(=C/c2cccs2)SC1=S. The molecule has 0 saturated carbocycles. The second-order valence-electron chi connectivity index (χ2n) is 6.60. The zero-order chi connectivity index (χ0) is 18.5. The fourth-order valence-corrected chi connectivity index (χ4v) is 5.51. The van der Waals surface area contributed by atoms with Crippen LogP contribution < -0.4 is 0 Å². The summed E-state index contributed by atoms with van der Waals surface area (Å²) in [6, 6.07) is 4.34. The lowest BCUT2D eigenvalue weighted by Crippen LogP contribution is -2.43. The number of carbonyl (C=O) groups is 2. The van der Waals surface area contributed by atoms with Gasteiger partial charge in [0.05, 0.1) is 4.91 Å². The first-order valence-electron chi connectivity index (χ1n) is 9.18. The van der Waals surface area contributed by atoms with E-state index in [0.29, 0.717) is 34.7 Å². The van der Waals surface area contributed by atoms with E-state index in [4.69, 9.17) is 12.2 Å². The molecule has 0 aromatic carbocycles. The van der Waals surface area contributed by atoms with E-state index in [1.54, 1.807) is 16.2 Å². The lowest BCUT2D eigenvalue weighted by Gasteiger charge is -2.35. The van der Waals surface area contributed by atoms with Crippen molar-refractivity contribution < 1.29 is 9.59 Å². The minimum absolute atomic E-state index is 0.0368. The normalized spacial score (nSPS) is 22.5. The van der Waals surface area contributed by atoms with Gasteiger partial charge in [-0.15, -0.1) is 11.3 Å². The van der Waals surface area contributed by atoms with Crippen molar-refractivity contribution in [1.29, 1.82) is 0 Å². The van der Waals surface area contributed by atoms with Crippen LogP contribution in [0.25, 0.3) is 6.08 Å². The molecular formula is C19H24N2O2S3. The van der Waals surface area contributed by atoms with E-state index in [2.05, 4.69) is 6.92 Å². The summed E-state index contributed by atoms with van der Waals surface area (Å²) in [5.41, 5.74) is 0. The molecule has 3 rings (SSSR count). The molecule has 140 valence electrons. The third kappa shape index (κ3) is 4.56. The van der Waals surface area contributed by atoms with Crippen LogP contribution in [-0.2, 0) is 9.59 Å². The largest absolute Gasteiger partial charge is 0.340 e. The number of piperidine rings is 1. The van der Waals surface area contributed by atoms with Crippen molar-refractivity contribution in [3.63, 3.8) is 0 Å². The summed E-state index contributed by atoms with van der Waals surface area (Å²) in [7, 11) is 0. The Labute approximate surface area is 168 Å². The van der Waals surface area contributed by atoms with Crippen LogP contribution in [-0.4, -0.2) is 45.1 Å². The van der Waals surface area contributed by atoms with Crippen molar-refractivity contribution >= 4 is 57.5 Å². The number of thiophene rings is 1. The van der Waals surface area contributed by atoms with Crippen LogP contribution in [0.3, 0.4) is 0 Å². The molecule has 1 aromatic rings. The highest BCUT2D eigenvalue weighted by molar-refractivity contribution is 8.26. The van der Waals surface area contributed by atoms with Gasteiger partial charge in [0, 0.05) is 30.4 Å². The van der Waals surface area contributed by atoms with Gasteiger partial charge in [0.1, 0.15) is 4.32 Å². The van der Waals surface area contributed by atoms with Gasteiger partial charge in [-0.05, 0) is 49.6 Å². The molecule has 7 heteroatoms. The van der Waals surface area contributed by atoms with Crippen LogP contribution in [0.5, 0.6) is 0 Å². The third-order valence-electron chi connectivity index (χ3n) is 4.88. The monoisotopic (exact) mass is 408 g/mol. The van der Waals surface area contributed by atoms with E-state index in [1.807, 2.05) is 28.5 Å². The Morgan fingerprint density at radius 3 is 3.00 bits per heavy atom. The Hall–Kier alpha value is -1.18. The molecule has 2 aliphatic heterocycles. The molecule has 0 radical (unpaired) electrons. The Balaban J connectivity index is 1.52. The molecule has 0 spiro atoms. The quantitative estimate of drug-likeness (QED) is 0.513. The van der Waals surface area contributed by atoms with Gasteiger partial charge in [-0.2, -0.15) is 0 Å². The van der Waals surface area contributed by atoms with Gasteiger partial charge < -0.3 is 4.90 Å². The first kappa shape index (κ1) is 19.6. The highest BCUT2D eigenvalue weighted by Gasteiger charge is 2.32. The number of thioether (sulfide) groups is 1. The van der Waals surface area contributed by atoms with E-state index >= 15 is 0 Å². The molecular weight excluding hydrogens is 384 g/mol. The lowest BCUT2D eigenvalue weighted by atomic mass is 9.99. The van der Waals surface area contributed by atoms with Crippen molar-refractivity contribution in [1.82, 2.24) is 9.80 Å². The van der Waals surface area contributed by atoms with E-state index in [-0.39, 0.29) is 11.8 Å². The summed E-state index contributed by atoms with van der Waals surface area (Å²) in [4.78, 5) is 30.5. The molecule has 0 bridgehead atoms. The number of carbonyl (C=O) groups excluding carboxylic acids is 2. The van der Waals surface area contributed by atoms with E-state index in [0.717, 1.165) is 30.7 Å². The Kier molecular flexibility index (Phi) is 6.89. The summed E-state index contributed by atoms with van der Waals surface area (Å²) in [5, 5.41) is 1.99. The summed E-state index contributed by atoms with van der Waals surface area (Å²) in [6.07, 6.45) is 7.50. The second-order valence-corrected chi connectivity index (χ2v) is 9.25. The Bertz CT molecular complexity index is 700. The maximum Gasteiger partial charge on any atom is 0.266 e. The number of hydrogen-bond donors (Lipinski definition) is 0. The van der Waals surface area contributed by atoms with Gasteiger partial charge >= 0.3 is 0 Å². The summed E-state index contributed by atoms with van der Waals surface area (Å²) in [5.74, 6) is 0.182. The topological polar surface area (TPSA) is 40.6 Å². The number of thiocarbonyl (C=S) groups is 1. The van der Waals surface area contributed by atoms with Crippen molar-refractivity contribution in [2.75, 3.05) is 13.1 Å².